The van der Waals surface area contributed by atoms with E-state index in [1.54, 1.807) is 12.3 Å². The van der Waals surface area contributed by atoms with Crippen LogP contribution in [0.2, 0.25) is 0 Å². The summed E-state index contributed by atoms with van der Waals surface area (Å²) < 4.78 is 38.5. The van der Waals surface area contributed by atoms with Crippen molar-refractivity contribution in [2.24, 2.45) is 5.10 Å². The van der Waals surface area contributed by atoms with Crippen molar-refractivity contribution >= 4 is 12.1 Å². The first-order valence-electron chi connectivity index (χ1n) is 5.82. The fourth-order valence-corrected chi connectivity index (χ4v) is 1.46. The van der Waals surface area contributed by atoms with Gasteiger partial charge in [0.25, 0.3) is 5.91 Å². The first kappa shape index (κ1) is 14.8. The molecule has 21 heavy (non-hydrogen) atoms. The van der Waals surface area contributed by atoms with Crippen molar-refractivity contribution in [2.75, 3.05) is 0 Å². The second kappa shape index (κ2) is 6.20. The standard InChI is InChI=1S/C11H11F3N6O/c12-11(13,14)8-20-5-2-9(18-20)6-15-17-10(21)7-19-4-1-3-16-19/h1-6H,7-8H2,(H,17,21)/b15-6-. The highest BCUT2D eigenvalue weighted by molar-refractivity contribution is 5.80. The van der Waals surface area contributed by atoms with Crippen LogP contribution >= 0.6 is 0 Å². The number of hydrogen-bond donors (Lipinski definition) is 1. The molecule has 2 aromatic heterocycles. The van der Waals surface area contributed by atoms with E-state index in [0.717, 1.165) is 10.9 Å². The van der Waals surface area contributed by atoms with Crippen molar-refractivity contribution in [3.8, 4) is 0 Å². The summed E-state index contributed by atoms with van der Waals surface area (Å²) in [7, 11) is 0. The molecule has 10 heteroatoms. The molecule has 2 rings (SSSR count). The normalized spacial score (nSPS) is 12.0. The number of carbonyl (C=O) groups excluding carboxylic acids is 1. The molecule has 112 valence electrons. The maximum Gasteiger partial charge on any atom is 0.408 e. The van der Waals surface area contributed by atoms with Crippen molar-refractivity contribution in [3.63, 3.8) is 0 Å². The van der Waals surface area contributed by atoms with Crippen LogP contribution < -0.4 is 5.43 Å². The molecule has 0 aromatic carbocycles. The van der Waals surface area contributed by atoms with Crippen LogP contribution in [0.1, 0.15) is 5.69 Å². The summed E-state index contributed by atoms with van der Waals surface area (Å²) in [5, 5.41) is 11.1. The summed E-state index contributed by atoms with van der Waals surface area (Å²) in [6.45, 7) is -1.18. The van der Waals surface area contributed by atoms with Crippen molar-refractivity contribution in [1.29, 1.82) is 0 Å². The first-order chi connectivity index (χ1) is 9.92. The van der Waals surface area contributed by atoms with E-state index in [-0.39, 0.29) is 12.2 Å². The van der Waals surface area contributed by atoms with Crippen LogP contribution in [0, 0.1) is 0 Å². The lowest BCUT2D eigenvalue weighted by Gasteiger charge is -2.04. The molecule has 0 aliphatic rings. The second-order valence-corrected chi connectivity index (χ2v) is 4.05. The summed E-state index contributed by atoms with van der Waals surface area (Å²) in [6, 6.07) is 3.03. The van der Waals surface area contributed by atoms with E-state index >= 15 is 0 Å². The molecule has 7 nitrogen and oxygen atoms in total. The van der Waals surface area contributed by atoms with Crippen LogP contribution in [-0.2, 0) is 17.9 Å². The maximum absolute atomic E-state index is 12.1. The Hall–Kier alpha value is -2.65. The van der Waals surface area contributed by atoms with E-state index in [1.807, 2.05) is 0 Å². The molecular weight excluding hydrogens is 289 g/mol. The number of hydrogen-bond acceptors (Lipinski definition) is 4. The van der Waals surface area contributed by atoms with Gasteiger partial charge in [-0.1, -0.05) is 0 Å². The summed E-state index contributed by atoms with van der Waals surface area (Å²) in [5.74, 6) is -0.412. The third kappa shape index (κ3) is 5.09. The molecule has 0 unspecified atom stereocenters. The number of amides is 1. The van der Waals surface area contributed by atoms with Gasteiger partial charge in [-0.05, 0) is 12.1 Å². The fraction of sp³-hybridized carbons (Fsp3) is 0.273. The lowest BCUT2D eigenvalue weighted by atomic mass is 10.5. The monoisotopic (exact) mass is 300 g/mol. The van der Waals surface area contributed by atoms with Gasteiger partial charge in [-0.2, -0.15) is 28.5 Å². The number of alkyl halides is 3. The van der Waals surface area contributed by atoms with Crippen LogP contribution in [0.5, 0.6) is 0 Å². The van der Waals surface area contributed by atoms with Gasteiger partial charge in [0.1, 0.15) is 18.8 Å². The van der Waals surface area contributed by atoms with E-state index in [1.165, 1.54) is 23.1 Å². The van der Waals surface area contributed by atoms with Crippen molar-refractivity contribution in [3.05, 3.63) is 36.4 Å². The van der Waals surface area contributed by atoms with Crippen LogP contribution in [0.3, 0.4) is 0 Å². The number of hydrazone groups is 1. The van der Waals surface area contributed by atoms with Gasteiger partial charge in [-0.15, -0.1) is 0 Å². The minimum atomic E-state index is -4.33. The van der Waals surface area contributed by atoms with Crippen molar-refractivity contribution in [2.45, 2.75) is 19.3 Å². The third-order valence-corrected chi connectivity index (χ3v) is 2.25. The SMILES string of the molecule is O=C(Cn1cccn1)N/N=C\c1ccn(CC(F)(F)F)n1. The van der Waals surface area contributed by atoms with Gasteiger partial charge < -0.3 is 0 Å². The summed E-state index contributed by atoms with van der Waals surface area (Å²) in [4.78, 5) is 11.4. The number of aromatic nitrogens is 4. The maximum atomic E-state index is 12.1. The second-order valence-electron chi connectivity index (χ2n) is 4.05. The molecule has 2 aromatic rings. The third-order valence-electron chi connectivity index (χ3n) is 2.25. The zero-order chi connectivity index (χ0) is 15.3. The molecule has 0 aliphatic heterocycles. The van der Waals surface area contributed by atoms with Gasteiger partial charge in [0.2, 0.25) is 0 Å². The molecule has 0 aliphatic carbocycles. The van der Waals surface area contributed by atoms with E-state index < -0.39 is 18.6 Å². The Balaban J connectivity index is 1.83. The molecule has 0 bridgehead atoms. The van der Waals surface area contributed by atoms with Crippen molar-refractivity contribution in [1.82, 2.24) is 25.0 Å². The van der Waals surface area contributed by atoms with Gasteiger partial charge in [0.05, 0.1) is 6.21 Å². The lowest BCUT2D eigenvalue weighted by Crippen LogP contribution is -2.23. The summed E-state index contributed by atoms with van der Waals surface area (Å²) >= 11 is 0. The van der Waals surface area contributed by atoms with Crippen molar-refractivity contribution < 1.29 is 18.0 Å². The lowest BCUT2D eigenvalue weighted by molar-refractivity contribution is -0.142. The molecule has 1 amide bonds. The molecule has 0 atom stereocenters. The smallest absolute Gasteiger partial charge is 0.271 e. The Morgan fingerprint density at radius 2 is 2.19 bits per heavy atom. The summed E-state index contributed by atoms with van der Waals surface area (Å²) in [6.07, 6.45) is 1.15. The van der Waals surface area contributed by atoms with Gasteiger partial charge in [-0.3, -0.25) is 14.2 Å². The Morgan fingerprint density at radius 1 is 1.38 bits per heavy atom. The highest BCUT2D eigenvalue weighted by Crippen LogP contribution is 2.16. The van der Waals surface area contributed by atoms with E-state index in [9.17, 15) is 18.0 Å². The van der Waals surface area contributed by atoms with Gasteiger partial charge in [0, 0.05) is 18.6 Å². The molecule has 0 fully saturated rings. The fourth-order valence-electron chi connectivity index (χ4n) is 1.46. The number of nitrogens with one attached hydrogen (secondary N) is 1. The zero-order valence-corrected chi connectivity index (χ0v) is 10.7. The minimum Gasteiger partial charge on any atom is -0.271 e. The van der Waals surface area contributed by atoms with Crippen LogP contribution in [0.4, 0.5) is 13.2 Å². The van der Waals surface area contributed by atoms with Gasteiger partial charge in [0.15, 0.2) is 0 Å². The quantitative estimate of drug-likeness (QED) is 0.655. The van der Waals surface area contributed by atoms with Crippen LogP contribution in [-0.4, -0.2) is 37.9 Å². The highest BCUT2D eigenvalue weighted by Gasteiger charge is 2.28. The Bertz CT molecular complexity index is 616. The molecule has 0 saturated heterocycles. The topological polar surface area (TPSA) is 77.1 Å². The molecule has 0 saturated carbocycles. The Morgan fingerprint density at radius 3 is 2.86 bits per heavy atom. The summed E-state index contributed by atoms with van der Waals surface area (Å²) in [5.41, 5.74) is 2.43. The number of carbonyl (C=O) groups is 1. The first-order valence-corrected chi connectivity index (χ1v) is 5.82. The molecule has 2 heterocycles. The zero-order valence-electron chi connectivity index (χ0n) is 10.7. The largest absolute Gasteiger partial charge is 0.408 e. The molecule has 0 radical (unpaired) electrons. The van der Waals surface area contributed by atoms with E-state index in [4.69, 9.17) is 0 Å². The van der Waals surface area contributed by atoms with Gasteiger partial charge in [-0.25, -0.2) is 5.43 Å². The average molecular weight is 300 g/mol. The average Bonchev–Trinajstić information content (AvgIpc) is 2.99. The molecular formula is C11H11F3N6O. The number of halogens is 3. The highest BCUT2D eigenvalue weighted by atomic mass is 19.4. The number of rotatable bonds is 5. The van der Waals surface area contributed by atoms with E-state index in [0.29, 0.717) is 0 Å². The van der Waals surface area contributed by atoms with E-state index in [2.05, 4.69) is 20.7 Å². The molecule has 1 N–H and O–H groups in total. The minimum absolute atomic E-state index is 0.00709. The van der Waals surface area contributed by atoms with Crippen LogP contribution in [0.25, 0.3) is 0 Å². The van der Waals surface area contributed by atoms with Crippen LogP contribution in [0.15, 0.2) is 35.8 Å². The Labute approximate surface area is 117 Å². The van der Waals surface area contributed by atoms with Gasteiger partial charge >= 0.3 is 6.18 Å². The molecule has 0 spiro atoms. The number of nitrogens with zero attached hydrogens (tertiary/aromatic N) is 5. The predicted octanol–water partition coefficient (Wildman–Crippen LogP) is 0.792. The Kier molecular flexibility index (Phi) is 4.36. The predicted molar refractivity (Wildman–Crippen MR) is 66.2 cm³/mol.